The van der Waals surface area contributed by atoms with Gasteiger partial charge in [0.2, 0.25) is 0 Å². The quantitative estimate of drug-likeness (QED) is 0.337. The first kappa shape index (κ1) is 24.2. The van der Waals surface area contributed by atoms with Crippen molar-refractivity contribution < 1.29 is 19.8 Å². The summed E-state index contributed by atoms with van der Waals surface area (Å²) in [6.07, 6.45) is 11.2. The van der Waals surface area contributed by atoms with Crippen LogP contribution in [-0.2, 0) is 9.59 Å². The van der Waals surface area contributed by atoms with Crippen molar-refractivity contribution in [2.75, 3.05) is 0 Å². The van der Waals surface area contributed by atoms with Gasteiger partial charge in [-0.15, -0.1) is 0 Å². The van der Waals surface area contributed by atoms with E-state index in [1.807, 2.05) is 0 Å². The molecule has 1 unspecified atom stereocenters. The zero-order valence-corrected chi connectivity index (χ0v) is 13.3. The third kappa shape index (κ3) is 12.4. The molecule has 0 saturated heterocycles. The molecule has 0 aliphatic carbocycles. The van der Waals surface area contributed by atoms with Crippen LogP contribution in [-0.4, -0.2) is 57.2 Å². The summed E-state index contributed by atoms with van der Waals surface area (Å²) in [5.74, 6) is -2.38. The molecular weight excluding hydrogens is 293 g/mol. The molecule has 1 atom stereocenters. The first-order chi connectivity index (χ1) is 9.92. The van der Waals surface area contributed by atoms with Gasteiger partial charge in [-0.3, -0.25) is 9.59 Å². The summed E-state index contributed by atoms with van der Waals surface area (Å²) in [6.45, 7) is 2.21. The van der Waals surface area contributed by atoms with Crippen molar-refractivity contribution in [1.29, 1.82) is 0 Å². The van der Waals surface area contributed by atoms with Crippen LogP contribution >= 0.6 is 0 Å². The molecule has 0 aliphatic rings. The van der Waals surface area contributed by atoms with Crippen LogP contribution in [0.3, 0.4) is 0 Å². The molecule has 0 saturated carbocycles. The fourth-order valence-corrected chi connectivity index (χ4v) is 2.47. The maximum absolute atomic E-state index is 11.1. The van der Waals surface area contributed by atoms with Crippen molar-refractivity contribution in [3.63, 3.8) is 0 Å². The average Bonchev–Trinajstić information content (AvgIpc) is 2.40. The van der Waals surface area contributed by atoms with E-state index in [2.05, 4.69) is 6.92 Å². The fraction of sp³-hybridized carbons (Fsp3) is 0.875. The third-order valence-electron chi connectivity index (χ3n) is 3.87. The molecule has 0 aromatic rings. The van der Waals surface area contributed by atoms with Crippen LogP contribution in [0.1, 0.15) is 84.0 Å². The molecule has 126 valence electrons. The van der Waals surface area contributed by atoms with Crippen LogP contribution in [0.5, 0.6) is 0 Å². The molecule has 0 bridgehead atoms. The Morgan fingerprint density at radius 3 is 1.64 bits per heavy atom. The summed E-state index contributed by atoms with van der Waals surface area (Å²) < 4.78 is 0. The van der Waals surface area contributed by atoms with E-state index in [0.29, 0.717) is 6.42 Å². The minimum atomic E-state index is -1.62. The second-order valence-electron chi connectivity index (χ2n) is 5.96. The van der Waals surface area contributed by atoms with Gasteiger partial charge in [0.1, 0.15) is 5.54 Å². The number of rotatable bonds is 14. The monoisotopic (exact) mass is 325 g/mol. The number of carboxylic acids is 2. The van der Waals surface area contributed by atoms with E-state index in [4.69, 9.17) is 15.9 Å². The molecule has 0 rings (SSSR count). The van der Waals surface area contributed by atoms with Gasteiger partial charge in [-0.25, -0.2) is 0 Å². The number of hydrogen-bond acceptors (Lipinski definition) is 3. The molecule has 4 N–H and O–H groups in total. The summed E-state index contributed by atoms with van der Waals surface area (Å²) in [4.78, 5) is 21.7. The van der Waals surface area contributed by atoms with Crippen LogP contribution in [0, 0.1) is 0 Å². The van der Waals surface area contributed by atoms with Gasteiger partial charge >= 0.3 is 41.5 Å². The van der Waals surface area contributed by atoms with Crippen LogP contribution in [0.4, 0.5) is 0 Å². The number of nitrogens with two attached hydrogens (primary N) is 1. The van der Waals surface area contributed by atoms with Gasteiger partial charge in [0.25, 0.3) is 0 Å². The van der Waals surface area contributed by atoms with Crippen LogP contribution in [0.25, 0.3) is 0 Å². The fourth-order valence-electron chi connectivity index (χ4n) is 2.47. The molecule has 6 heteroatoms. The minimum absolute atomic E-state index is 0. The number of hydrogen-bond donors (Lipinski definition) is 3. The molecule has 0 heterocycles. The first-order valence-electron chi connectivity index (χ1n) is 8.16. The van der Waals surface area contributed by atoms with E-state index in [0.717, 1.165) is 19.3 Å². The number of unbranched alkanes of at least 4 members (excludes halogenated alkanes) is 9. The first-order valence-corrected chi connectivity index (χ1v) is 8.16. The Balaban J connectivity index is 0. The topological polar surface area (TPSA) is 101 Å². The van der Waals surface area contributed by atoms with Gasteiger partial charge in [-0.05, 0) is 6.42 Å². The van der Waals surface area contributed by atoms with E-state index >= 15 is 0 Å². The third-order valence-corrected chi connectivity index (χ3v) is 3.87. The summed E-state index contributed by atoms with van der Waals surface area (Å²) in [7, 11) is 0. The Hall–Kier alpha value is -0.100. The van der Waals surface area contributed by atoms with Crippen molar-refractivity contribution in [3.05, 3.63) is 0 Å². The van der Waals surface area contributed by atoms with E-state index in [9.17, 15) is 9.59 Å². The Bertz CT molecular complexity index is 313. The van der Waals surface area contributed by atoms with Crippen molar-refractivity contribution >= 4 is 41.5 Å². The Morgan fingerprint density at radius 2 is 1.27 bits per heavy atom. The number of carbonyl (C=O) groups is 2. The molecule has 0 amide bonds. The maximum atomic E-state index is 11.1. The van der Waals surface area contributed by atoms with Crippen LogP contribution in [0.15, 0.2) is 0 Å². The molecule has 0 aromatic heterocycles. The van der Waals surface area contributed by atoms with Gasteiger partial charge < -0.3 is 15.9 Å². The van der Waals surface area contributed by atoms with E-state index in [-0.39, 0.29) is 36.0 Å². The SMILES string of the molecule is CCCCCCCCCCCCC(N)(CC(=O)O)C(=O)O.[NaH]. The van der Waals surface area contributed by atoms with Crippen LogP contribution in [0.2, 0.25) is 0 Å². The summed E-state index contributed by atoms with van der Waals surface area (Å²) in [5.41, 5.74) is 4.05. The van der Waals surface area contributed by atoms with Gasteiger partial charge in [-0.1, -0.05) is 71.1 Å². The zero-order valence-electron chi connectivity index (χ0n) is 13.3. The molecule has 22 heavy (non-hydrogen) atoms. The zero-order chi connectivity index (χ0) is 16.1. The van der Waals surface area contributed by atoms with Crippen molar-refractivity contribution in [3.8, 4) is 0 Å². The van der Waals surface area contributed by atoms with Crippen molar-refractivity contribution in [2.45, 2.75) is 89.5 Å². The van der Waals surface area contributed by atoms with Gasteiger partial charge in [-0.2, -0.15) is 0 Å². The average molecular weight is 325 g/mol. The second kappa shape index (κ2) is 14.5. The summed E-state index contributed by atoms with van der Waals surface area (Å²) in [5, 5.41) is 17.8. The molecular formula is C16H32NNaO4. The normalized spacial score (nSPS) is 13.2. The Morgan fingerprint density at radius 1 is 0.864 bits per heavy atom. The number of carboxylic acid groups (broad SMARTS) is 2. The molecule has 0 fully saturated rings. The number of aliphatic carboxylic acids is 2. The van der Waals surface area contributed by atoms with E-state index < -0.39 is 23.9 Å². The predicted octanol–water partition coefficient (Wildman–Crippen LogP) is 2.91. The van der Waals surface area contributed by atoms with E-state index in [1.165, 1.54) is 38.5 Å². The molecule has 5 nitrogen and oxygen atoms in total. The standard InChI is InChI=1S/C16H31NO4.Na.H/c1-2-3-4-5-6-7-8-9-10-11-12-16(17,15(20)21)13-14(18)19;;/h2-13,17H2,1H3,(H,18,19)(H,20,21);;. The molecule has 0 aliphatic heterocycles. The second-order valence-corrected chi connectivity index (χ2v) is 5.96. The molecule has 0 radical (unpaired) electrons. The summed E-state index contributed by atoms with van der Waals surface area (Å²) >= 11 is 0. The van der Waals surface area contributed by atoms with Crippen molar-refractivity contribution in [2.24, 2.45) is 5.73 Å². The molecule has 0 aromatic carbocycles. The molecule has 0 spiro atoms. The Labute approximate surface area is 156 Å². The van der Waals surface area contributed by atoms with E-state index in [1.54, 1.807) is 0 Å². The summed E-state index contributed by atoms with van der Waals surface area (Å²) in [6, 6.07) is 0. The Kier molecular flexibility index (Phi) is 15.9. The van der Waals surface area contributed by atoms with Crippen molar-refractivity contribution in [1.82, 2.24) is 0 Å². The van der Waals surface area contributed by atoms with Crippen LogP contribution < -0.4 is 5.73 Å². The van der Waals surface area contributed by atoms with Gasteiger partial charge in [0.15, 0.2) is 0 Å². The van der Waals surface area contributed by atoms with Gasteiger partial charge in [0.05, 0.1) is 6.42 Å². The van der Waals surface area contributed by atoms with Gasteiger partial charge in [0, 0.05) is 0 Å². The predicted molar refractivity (Wildman–Crippen MR) is 90.4 cm³/mol.